The lowest BCUT2D eigenvalue weighted by atomic mass is 10.0. The predicted molar refractivity (Wildman–Crippen MR) is 97.7 cm³/mol. The molecule has 4 rings (SSSR count). The van der Waals surface area contributed by atoms with Gasteiger partial charge in [-0.2, -0.15) is 0 Å². The Labute approximate surface area is 147 Å². The summed E-state index contributed by atoms with van der Waals surface area (Å²) in [5.41, 5.74) is 3.66. The van der Waals surface area contributed by atoms with Gasteiger partial charge in [-0.3, -0.25) is 4.79 Å². The Morgan fingerprint density at radius 3 is 2.76 bits per heavy atom. The maximum absolute atomic E-state index is 12.7. The highest BCUT2D eigenvalue weighted by Gasteiger charge is 2.18. The molecule has 1 saturated heterocycles. The number of ether oxygens (including phenoxy) is 2. The lowest BCUT2D eigenvalue weighted by Gasteiger charge is -2.30. The molecule has 2 aliphatic rings. The summed E-state index contributed by atoms with van der Waals surface area (Å²) in [6, 6.07) is 13.6. The number of para-hydroxylation sites is 2. The van der Waals surface area contributed by atoms with Crippen LogP contribution in [-0.4, -0.2) is 38.8 Å². The molecule has 0 saturated carbocycles. The van der Waals surface area contributed by atoms with E-state index in [-0.39, 0.29) is 5.91 Å². The summed E-state index contributed by atoms with van der Waals surface area (Å²) in [4.78, 5) is 15.0. The third-order valence-electron chi connectivity index (χ3n) is 4.67. The van der Waals surface area contributed by atoms with E-state index < -0.39 is 0 Å². The molecule has 0 aromatic heterocycles. The van der Waals surface area contributed by atoms with Crippen LogP contribution in [0.4, 0.5) is 11.4 Å². The minimum atomic E-state index is -0.0888. The Morgan fingerprint density at radius 2 is 1.88 bits per heavy atom. The van der Waals surface area contributed by atoms with E-state index in [0.717, 1.165) is 55.2 Å². The first-order valence-electron chi connectivity index (χ1n) is 8.80. The second-order valence-corrected chi connectivity index (χ2v) is 6.35. The van der Waals surface area contributed by atoms with Crippen LogP contribution in [0.25, 0.3) is 0 Å². The highest BCUT2D eigenvalue weighted by molar-refractivity contribution is 6.06. The van der Waals surface area contributed by atoms with Crippen LogP contribution in [0, 0.1) is 0 Å². The van der Waals surface area contributed by atoms with E-state index in [0.29, 0.717) is 18.8 Å². The Balaban J connectivity index is 1.55. The van der Waals surface area contributed by atoms with Crippen molar-refractivity contribution in [2.24, 2.45) is 0 Å². The molecule has 130 valence electrons. The fourth-order valence-corrected chi connectivity index (χ4v) is 3.36. The molecule has 2 heterocycles. The van der Waals surface area contributed by atoms with Gasteiger partial charge in [0.2, 0.25) is 0 Å². The van der Waals surface area contributed by atoms with Crippen LogP contribution >= 0.6 is 0 Å². The number of benzene rings is 2. The second kappa shape index (κ2) is 7.15. The van der Waals surface area contributed by atoms with Crippen molar-refractivity contribution in [2.45, 2.75) is 12.8 Å². The number of carbonyl (C=O) groups excluding carboxylic acids is 1. The van der Waals surface area contributed by atoms with Gasteiger partial charge < -0.3 is 19.7 Å². The molecule has 25 heavy (non-hydrogen) atoms. The van der Waals surface area contributed by atoms with Gasteiger partial charge in [0, 0.05) is 18.7 Å². The number of hydrogen-bond acceptors (Lipinski definition) is 4. The number of carbonyl (C=O) groups is 1. The zero-order valence-corrected chi connectivity index (χ0v) is 14.2. The number of hydrogen-bond donors (Lipinski definition) is 1. The molecule has 0 unspecified atom stereocenters. The van der Waals surface area contributed by atoms with Crippen molar-refractivity contribution in [1.82, 2.24) is 0 Å². The number of nitrogens with one attached hydrogen (secondary N) is 1. The maximum atomic E-state index is 12.7. The molecule has 5 heteroatoms. The van der Waals surface area contributed by atoms with Gasteiger partial charge in [0.25, 0.3) is 5.91 Å². The first kappa shape index (κ1) is 16.0. The van der Waals surface area contributed by atoms with Gasteiger partial charge >= 0.3 is 0 Å². The van der Waals surface area contributed by atoms with Crippen molar-refractivity contribution >= 4 is 17.3 Å². The van der Waals surface area contributed by atoms with Gasteiger partial charge in [0.15, 0.2) is 0 Å². The molecule has 0 spiro atoms. The highest BCUT2D eigenvalue weighted by Crippen LogP contribution is 2.28. The Morgan fingerprint density at radius 1 is 1.04 bits per heavy atom. The number of fused-ring (bicyclic) bond motifs is 1. The first-order valence-corrected chi connectivity index (χ1v) is 8.80. The predicted octanol–water partition coefficient (Wildman–Crippen LogP) is 3.10. The fourth-order valence-electron chi connectivity index (χ4n) is 3.36. The molecular formula is C20H22N2O3. The van der Waals surface area contributed by atoms with E-state index >= 15 is 0 Å². The molecule has 5 nitrogen and oxygen atoms in total. The number of anilines is 2. The van der Waals surface area contributed by atoms with Crippen molar-refractivity contribution < 1.29 is 14.3 Å². The molecule has 1 N–H and O–H groups in total. The standard InChI is InChI=1S/C20H22N2O3/c23-20(16-7-8-19-15(14-16)4-3-11-25-19)21-17-5-1-2-6-18(17)22-9-12-24-13-10-22/h1-2,5-8,14H,3-4,9-13H2,(H,21,23). The third kappa shape index (κ3) is 3.46. The zero-order valence-electron chi connectivity index (χ0n) is 14.2. The SMILES string of the molecule is O=C(Nc1ccccc1N1CCOCC1)c1ccc2c(c1)CCCO2. The summed E-state index contributed by atoms with van der Waals surface area (Å²) in [6.45, 7) is 3.86. The third-order valence-corrected chi connectivity index (χ3v) is 4.67. The lowest BCUT2D eigenvalue weighted by molar-refractivity contribution is 0.102. The van der Waals surface area contributed by atoms with Crippen LogP contribution in [0.1, 0.15) is 22.3 Å². The summed E-state index contributed by atoms with van der Waals surface area (Å²) >= 11 is 0. The first-order chi connectivity index (χ1) is 12.3. The normalized spacial score (nSPS) is 16.7. The Hall–Kier alpha value is -2.53. The van der Waals surface area contributed by atoms with Crippen molar-refractivity contribution in [3.05, 3.63) is 53.6 Å². The number of nitrogens with zero attached hydrogens (tertiary/aromatic N) is 1. The summed E-state index contributed by atoms with van der Waals surface area (Å²) in [7, 11) is 0. The highest BCUT2D eigenvalue weighted by atomic mass is 16.5. The summed E-state index contributed by atoms with van der Waals surface area (Å²) in [6.07, 6.45) is 1.96. The smallest absolute Gasteiger partial charge is 0.255 e. The average molecular weight is 338 g/mol. The van der Waals surface area contributed by atoms with Crippen molar-refractivity contribution in [1.29, 1.82) is 0 Å². The second-order valence-electron chi connectivity index (χ2n) is 6.35. The van der Waals surface area contributed by atoms with Gasteiger partial charge in [-0.15, -0.1) is 0 Å². The monoisotopic (exact) mass is 338 g/mol. The van der Waals surface area contributed by atoms with Crippen LogP contribution in [0.5, 0.6) is 5.75 Å². The molecule has 0 aliphatic carbocycles. The molecule has 1 amide bonds. The van der Waals surface area contributed by atoms with E-state index in [1.54, 1.807) is 0 Å². The maximum Gasteiger partial charge on any atom is 0.255 e. The van der Waals surface area contributed by atoms with Crippen LogP contribution < -0.4 is 15.0 Å². The molecule has 2 aromatic carbocycles. The molecule has 1 fully saturated rings. The fraction of sp³-hybridized carbons (Fsp3) is 0.350. The van der Waals surface area contributed by atoms with E-state index in [9.17, 15) is 4.79 Å². The lowest BCUT2D eigenvalue weighted by Crippen LogP contribution is -2.36. The van der Waals surface area contributed by atoms with E-state index in [2.05, 4.69) is 10.2 Å². The molecule has 2 aromatic rings. The summed E-state index contributed by atoms with van der Waals surface area (Å²) in [5.74, 6) is 0.811. The largest absolute Gasteiger partial charge is 0.493 e. The van der Waals surface area contributed by atoms with Gasteiger partial charge in [-0.1, -0.05) is 12.1 Å². The molecular weight excluding hydrogens is 316 g/mol. The van der Waals surface area contributed by atoms with Gasteiger partial charge in [-0.25, -0.2) is 0 Å². The number of morpholine rings is 1. The van der Waals surface area contributed by atoms with Crippen molar-refractivity contribution in [3.63, 3.8) is 0 Å². The minimum Gasteiger partial charge on any atom is -0.493 e. The number of aryl methyl sites for hydroxylation is 1. The van der Waals surface area contributed by atoms with Crippen molar-refractivity contribution in [3.8, 4) is 5.75 Å². The van der Waals surface area contributed by atoms with Gasteiger partial charge in [0.05, 0.1) is 31.2 Å². The van der Waals surface area contributed by atoms with Crippen LogP contribution in [-0.2, 0) is 11.2 Å². The quantitative estimate of drug-likeness (QED) is 0.934. The number of rotatable bonds is 3. The topological polar surface area (TPSA) is 50.8 Å². The minimum absolute atomic E-state index is 0.0888. The molecule has 2 aliphatic heterocycles. The zero-order chi connectivity index (χ0) is 17.1. The molecule has 0 radical (unpaired) electrons. The number of amides is 1. The van der Waals surface area contributed by atoms with Gasteiger partial charge in [0.1, 0.15) is 5.75 Å². The summed E-state index contributed by atoms with van der Waals surface area (Å²) in [5, 5.41) is 3.07. The van der Waals surface area contributed by atoms with Crippen LogP contribution in [0.15, 0.2) is 42.5 Å². The van der Waals surface area contributed by atoms with E-state index in [1.165, 1.54) is 0 Å². The van der Waals surface area contributed by atoms with Crippen molar-refractivity contribution in [2.75, 3.05) is 43.1 Å². The van der Waals surface area contributed by atoms with Crippen LogP contribution in [0.2, 0.25) is 0 Å². The van der Waals surface area contributed by atoms with E-state index in [4.69, 9.17) is 9.47 Å². The van der Waals surface area contributed by atoms with E-state index in [1.807, 2.05) is 42.5 Å². The molecule has 0 atom stereocenters. The average Bonchev–Trinajstić information content (AvgIpc) is 2.68. The molecule has 0 bridgehead atoms. The Kier molecular flexibility index (Phi) is 4.57. The summed E-state index contributed by atoms with van der Waals surface area (Å²) < 4.78 is 11.0. The van der Waals surface area contributed by atoms with Crippen LogP contribution in [0.3, 0.4) is 0 Å². The van der Waals surface area contributed by atoms with Gasteiger partial charge in [-0.05, 0) is 48.7 Å². The Bertz CT molecular complexity index is 769.